The molecule has 0 saturated heterocycles. The standard InChI is InChI=1S/C21H21ClN2O4/c1-13(14-6-7-14)23-19(25)12-28-21(27)17-4-2-3-5-18(17)24-20(26)15-8-10-16(22)11-9-15/h2-5,8-11,13-14H,6-7,12H2,1H3,(H,23,25)(H,24,26)/t13-/m0/s1. The minimum Gasteiger partial charge on any atom is -0.452 e. The van der Waals surface area contributed by atoms with Gasteiger partial charge in [-0.3, -0.25) is 9.59 Å². The average Bonchev–Trinajstić information content (AvgIpc) is 3.52. The van der Waals surface area contributed by atoms with Crippen LogP contribution >= 0.6 is 11.6 Å². The van der Waals surface area contributed by atoms with Crippen molar-refractivity contribution in [1.82, 2.24) is 5.32 Å². The van der Waals surface area contributed by atoms with Gasteiger partial charge in [0.05, 0.1) is 11.3 Å². The Labute approximate surface area is 168 Å². The van der Waals surface area contributed by atoms with Gasteiger partial charge in [0.15, 0.2) is 6.61 Å². The molecule has 0 radical (unpaired) electrons. The second kappa shape index (κ2) is 8.89. The highest BCUT2D eigenvalue weighted by molar-refractivity contribution is 6.30. The van der Waals surface area contributed by atoms with E-state index < -0.39 is 5.97 Å². The monoisotopic (exact) mass is 400 g/mol. The molecule has 1 fully saturated rings. The molecule has 146 valence electrons. The van der Waals surface area contributed by atoms with E-state index in [2.05, 4.69) is 10.6 Å². The fraction of sp³-hybridized carbons (Fsp3) is 0.286. The summed E-state index contributed by atoms with van der Waals surface area (Å²) >= 11 is 5.83. The third-order valence-electron chi connectivity index (χ3n) is 4.55. The lowest BCUT2D eigenvalue weighted by Crippen LogP contribution is -2.37. The molecule has 28 heavy (non-hydrogen) atoms. The number of ether oxygens (including phenoxy) is 1. The molecule has 2 N–H and O–H groups in total. The summed E-state index contributed by atoms with van der Waals surface area (Å²) in [5.41, 5.74) is 0.882. The molecule has 1 aliphatic carbocycles. The van der Waals surface area contributed by atoms with Gasteiger partial charge in [0.25, 0.3) is 11.8 Å². The lowest BCUT2D eigenvalue weighted by atomic mass is 10.1. The Bertz CT molecular complexity index is 878. The highest BCUT2D eigenvalue weighted by atomic mass is 35.5. The van der Waals surface area contributed by atoms with E-state index in [0.717, 1.165) is 12.8 Å². The van der Waals surface area contributed by atoms with Crippen LogP contribution in [0.4, 0.5) is 5.69 Å². The Morgan fingerprint density at radius 3 is 2.46 bits per heavy atom. The number of anilines is 1. The van der Waals surface area contributed by atoms with Gasteiger partial charge in [-0.05, 0) is 62.1 Å². The van der Waals surface area contributed by atoms with Crippen LogP contribution in [0.1, 0.15) is 40.5 Å². The molecule has 3 rings (SSSR count). The Balaban J connectivity index is 1.60. The van der Waals surface area contributed by atoms with E-state index in [0.29, 0.717) is 22.2 Å². The minimum atomic E-state index is -0.679. The van der Waals surface area contributed by atoms with Crippen LogP contribution in [0, 0.1) is 5.92 Å². The lowest BCUT2D eigenvalue weighted by molar-refractivity contribution is -0.124. The number of hydrogen-bond acceptors (Lipinski definition) is 4. The molecule has 2 aromatic carbocycles. The highest BCUT2D eigenvalue weighted by Gasteiger charge is 2.29. The zero-order valence-corrected chi connectivity index (χ0v) is 16.2. The summed E-state index contributed by atoms with van der Waals surface area (Å²) in [7, 11) is 0. The molecule has 0 aliphatic heterocycles. The fourth-order valence-electron chi connectivity index (χ4n) is 2.78. The van der Waals surface area contributed by atoms with Gasteiger partial charge >= 0.3 is 5.97 Å². The first-order chi connectivity index (χ1) is 13.4. The first kappa shape index (κ1) is 19.9. The van der Waals surface area contributed by atoms with Crippen molar-refractivity contribution >= 4 is 35.1 Å². The van der Waals surface area contributed by atoms with Crippen LogP contribution in [0.3, 0.4) is 0 Å². The number of nitrogens with one attached hydrogen (secondary N) is 2. The van der Waals surface area contributed by atoms with Gasteiger partial charge in [-0.25, -0.2) is 4.79 Å². The molecule has 0 heterocycles. The summed E-state index contributed by atoms with van der Waals surface area (Å²) in [5, 5.41) is 6.03. The maximum atomic E-state index is 12.4. The van der Waals surface area contributed by atoms with Crippen molar-refractivity contribution in [3.05, 3.63) is 64.7 Å². The van der Waals surface area contributed by atoms with E-state index in [1.807, 2.05) is 6.92 Å². The van der Waals surface area contributed by atoms with Crippen molar-refractivity contribution in [2.45, 2.75) is 25.8 Å². The molecule has 0 aromatic heterocycles. The Hall–Kier alpha value is -2.86. The van der Waals surface area contributed by atoms with Crippen LogP contribution in [0.2, 0.25) is 5.02 Å². The maximum absolute atomic E-state index is 12.4. The first-order valence-electron chi connectivity index (χ1n) is 9.06. The number of para-hydroxylation sites is 1. The van der Waals surface area contributed by atoms with Gasteiger partial charge in [-0.15, -0.1) is 0 Å². The smallest absolute Gasteiger partial charge is 0.340 e. The van der Waals surface area contributed by atoms with Crippen LogP contribution in [-0.2, 0) is 9.53 Å². The maximum Gasteiger partial charge on any atom is 0.340 e. The molecule has 6 nitrogen and oxygen atoms in total. The molecular weight excluding hydrogens is 380 g/mol. The Morgan fingerprint density at radius 2 is 1.79 bits per heavy atom. The molecule has 1 atom stereocenters. The number of hydrogen-bond donors (Lipinski definition) is 2. The normalized spacial score (nSPS) is 14.1. The average molecular weight is 401 g/mol. The third kappa shape index (κ3) is 5.33. The van der Waals surface area contributed by atoms with Gasteiger partial charge < -0.3 is 15.4 Å². The predicted octanol–water partition coefficient (Wildman–Crippen LogP) is 3.66. The zero-order valence-electron chi connectivity index (χ0n) is 15.4. The quantitative estimate of drug-likeness (QED) is 0.694. The molecule has 1 aliphatic rings. The van der Waals surface area contributed by atoms with E-state index in [-0.39, 0.29) is 30.0 Å². The molecule has 0 spiro atoms. The highest BCUT2D eigenvalue weighted by Crippen LogP contribution is 2.32. The van der Waals surface area contributed by atoms with Crippen LogP contribution in [0.25, 0.3) is 0 Å². The van der Waals surface area contributed by atoms with Crippen molar-refractivity contribution in [3.63, 3.8) is 0 Å². The number of benzene rings is 2. The van der Waals surface area contributed by atoms with Crippen molar-refractivity contribution in [2.24, 2.45) is 5.92 Å². The second-order valence-electron chi connectivity index (χ2n) is 6.78. The number of carbonyl (C=O) groups is 3. The molecule has 2 amide bonds. The second-order valence-corrected chi connectivity index (χ2v) is 7.21. The summed E-state index contributed by atoms with van der Waals surface area (Å²) in [6.45, 7) is 1.58. The van der Waals surface area contributed by atoms with Gasteiger partial charge in [-0.1, -0.05) is 23.7 Å². The van der Waals surface area contributed by atoms with Crippen molar-refractivity contribution in [3.8, 4) is 0 Å². The van der Waals surface area contributed by atoms with Crippen molar-refractivity contribution in [1.29, 1.82) is 0 Å². The zero-order chi connectivity index (χ0) is 20.1. The van der Waals surface area contributed by atoms with Crippen LogP contribution in [0.15, 0.2) is 48.5 Å². The van der Waals surface area contributed by atoms with E-state index in [1.165, 1.54) is 6.07 Å². The number of halogens is 1. The van der Waals surface area contributed by atoms with Crippen molar-refractivity contribution < 1.29 is 19.1 Å². The Kier molecular flexibility index (Phi) is 6.31. The third-order valence-corrected chi connectivity index (χ3v) is 4.81. The van der Waals surface area contributed by atoms with E-state index in [4.69, 9.17) is 16.3 Å². The number of amides is 2. The molecule has 0 bridgehead atoms. The van der Waals surface area contributed by atoms with E-state index >= 15 is 0 Å². The van der Waals surface area contributed by atoms with Crippen LogP contribution in [0.5, 0.6) is 0 Å². The first-order valence-corrected chi connectivity index (χ1v) is 9.44. The number of carbonyl (C=O) groups excluding carboxylic acids is 3. The van der Waals surface area contributed by atoms with Crippen LogP contribution in [-0.4, -0.2) is 30.4 Å². The SMILES string of the molecule is C[C@H](NC(=O)COC(=O)c1ccccc1NC(=O)c1ccc(Cl)cc1)C1CC1. The van der Waals surface area contributed by atoms with E-state index in [9.17, 15) is 14.4 Å². The van der Waals surface area contributed by atoms with Gasteiger partial charge in [0.1, 0.15) is 0 Å². The van der Waals surface area contributed by atoms with Gasteiger partial charge in [0.2, 0.25) is 0 Å². The van der Waals surface area contributed by atoms with Gasteiger partial charge in [-0.2, -0.15) is 0 Å². The van der Waals surface area contributed by atoms with E-state index in [1.54, 1.807) is 42.5 Å². The number of rotatable bonds is 7. The topological polar surface area (TPSA) is 84.5 Å². The Morgan fingerprint density at radius 1 is 1.11 bits per heavy atom. The largest absolute Gasteiger partial charge is 0.452 e. The van der Waals surface area contributed by atoms with Crippen molar-refractivity contribution in [2.75, 3.05) is 11.9 Å². The lowest BCUT2D eigenvalue weighted by Gasteiger charge is -2.14. The molecule has 0 unspecified atom stereocenters. The summed E-state index contributed by atoms with van der Waals surface area (Å²) in [5.74, 6) is -0.881. The molecule has 1 saturated carbocycles. The minimum absolute atomic E-state index is 0.0807. The molecule has 7 heteroatoms. The molecular formula is C21H21ClN2O4. The van der Waals surface area contributed by atoms with Gasteiger partial charge in [0, 0.05) is 16.6 Å². The van der Waals surface area contributed by atoms with Crippen LogP contribution < -0.4 is 10.6 Å². The fourth-order valence-corrected chi connectivity index (χ4v) is 2.91. The molecule has 2 aromatic rings. The summed E-state index contributed by atoms with van der Waals surface area (Å²) in [4.78, 5) is 36.7. The summed E-state index contributed by atoms with van der Waals surface area (Å²) in [6, 6.07) is 13.0. The predicted molar refractivity (Wildman–Crippen MR) is 106 cm³/mol. The summed E-state index contributed by atoms with van der Waals surface area (Å²) in [6.07, 6.45) is 2.23. The number of esters is 1. The summed E-state index contributed by atoms with van der Waals surface area (Å²) < 4.78 is 5.11.